The number of hydrogen-bond donors (Lipinski definition) is 0. The zero-order valence-electron chi connectivity index (χ0n) is 72.9. The zero-order chi connectivity index (χ0) is 85.9. The molecule has 0 atom stereocenters. The van der Waals surface area contributed by atoms with Crippen LogP contribution in [0.25, 0.3) is 87.6 Å². The molecule has 612 valence electrons. The van der Waals surface area contributed by atoms with Crippen molar-refractivity contribution in [3.63, 3.8) is 0 Å². The largest absolute Gasteiger partial charge is 0.310 e. The van der Waals surface area contributed by atoms with Crippen LogP contribution in [-0.4, -0.2) is 0 Å². The minimum absolute atomic E-state index is 0.445. The molecule has 0 unspecified atom stereocenters. The molecule has 0 bridgehead atoms. The summed E-state index contributed by atoms with van der Waals surface area (Å²) in [5.74, 6) is 0.908. The van der Waals surface area contributed by atoms with Gasteiger partial charge in [0.2, 0.25) is 0 Å². The van der Waals surface area contributed by atoms with Crippen molar-refractivity contribution < 1.29 is 0 Å². The van der Waals surface area contributed by atoms with Crippen molar-refractivity contribution in [1.82, 2.24) is 0 Å². The molecule has 4 heteroatoms. The van der Waals surface area contributed by atoms with Gasteiger partial charge in [0, 0.05) is 67.6 Å². The molecule has 4 nitrogen and oxygen atoms in total. The molecule has 0 radical (unpaired) electrons. The van der Waals surface area contributed by atoms with Gasteiger partial charge in [-0.25, -0.2) is 0 Å². The lowest BCUT2D eigenvalue weighted by molar-refractivity contribution is 0.795. The summed E-state index contributed by atoms with van der Waals surface area (Å²) >= 11 is 0. The van der Waals surface area contributed by atoms with Gasteiger partial charge >= 0.3 is 0 Å². The molecule has 128 heavy (non-hydrogen) atoms. The van der Waals surface area contributed by atoms with E-state index in [1.165, 1.54) is 166 Å². The van der Waals surface area contributed by atoms with Gasteiger partial charge in [0.15, 0.2) is 0 Å². The van der Waals surface area contributed by atoms with Crippen molar-refractivity contribution >= 4 is 111 Å². The maximum Gasteiger partial charge on any atom is 0.0726 e. The van der Waals surface area contributed by atoms with E-state index in [1.54, 1.807) is 0 Å². The summed E-state index contributed by atoms with van der Waals surface area (Å²) in [4.78, 5) is 9.74. The Morgan fingerprint density at radius 2 is 0.461 bits per heavy atom. The van der Waals surface area contributed by atoms with E-state index in [2.05, 4.69) is 498 Å². The molecule has 0 saturated heterocycles. The van der Waals surface area contributed by atoms with Gasteiger partial charge in [0.25, 0.3) is 0 Å². The third-order valence-electron chi connectivity index (χ3n) is 27.9. The van der Waals surface area contributed by atoms with Crippen LogP contribution >= 0.6 is 0 Å². The van der Waals surface area contributed by atoms with E-state index >= 15 is 0 Å². The number of aryl methyl sites for hydroxylation is 2. The summed E-state index contributed by atoms with van der Waals surface area (Å²) in [6.45, 7) is 13.5. The first-order valence-corrected chi connectivity index (χ1v) is 45.5. The van der Waals surface area contributed by atoms with E-state index in [-0.39, 0.29) is 0 Å². The van der Waals surface area contributed by atoms with Gasteiger partial charge in [0.05, 0.1) is 22.2 Å². The fourth-order valence-electron chi connectivity index (χ4n) is 21.9. The first-order chi connectivity index (χ1) is 63.0. The Hall–Kier alpha value is -15.4. The quantitative estimate of drug-likeness (QED) is 0.0956. The molecule has 0 amide bonds. The van der Waals surface area contributed by atoms with Crippen molar-refractivity contribution in [3.8, 4) is 44.5 Å². The van der Waals surface area contributed by atoms with E-state index < -0.39 is 10.8 Å². The Kier molecular flexibility index (Phi) is 19.0. The maximum absolute atomic E-state index is 2.55. The third kappa shape index (κ3) is 12.3. The number of anilines is 12. The van der Waals surface area contributed by atoms with Gasteiger partial charge in [-0.3, -0.25) is 0 Å². The molecule has 0 aliphatic heterocycles. The summed E-state index contributed by atoms with van der Waals surface area (Å²) in [5.41, 5.74) is 39.0. The second-order valence-corrected chi connectivity index (χ2v) is 35.5. The highest BCUT2D eigenvalue weighted by Crippen LogP contribution is 2.68. The van der Waals surface area contributed by atoms with Crippen molar-refractivity contribution in [1.29, 1.82) is 0 Å². The lowest BCUT2D eigenvalue weighted by atomic mass is 9.70. The van der Waals surface area contributed by atoms with Gasteiger partial charge in [-0.15, -0.1) is 0 Å². The molecule has 0 heterocycles. The summed E-state index contributed by atoms with van der Waals surface area (Å²) in [6.07, 6.45) is 2.01. The molecular formula is C124H96N4. The fraction of sp³-hybridized carbons (Fsp3) is 0.0968. The van der Waals surface area contributed by atoms with E-state index in [1.807, 2.05) is 0 Å². The fourth-order valence-corrected chi connectivity index (χ4v) is 21.9. The van der Waals surface area contributed by atoms with Crippen LogP contribution in [0.15, 0.2) is 437 Å². The minimum atomic E-state index is -0.559. The molecule has 0 fully saturated rings. The Balaban J connectivity index is 0.000000147. The van der Waals surface area contributed by atoms with Crippen LogP contribution in [0.3, 0.4) is 0 Å². The van der Waals surface area contributed by atoms with Crippen molar-refractivity contribution in [3.05, 3.63) is 504 Å². The second kappa shape index (κ2) is 31.4. The number of rotatable bonds is 16. The minimum Gasteiger partial charge on any atom is -0.310 e. The standard InChI is InChI=1S/C63H50N2.C61H46N2/c1-41(2)43-27-32-49(33-28-43)64(47-17-7-5-8-18-47)51-36-31-45-38-56-59(39-46(45)37-51)63(57-25-15-13-21-52(57)53-22-14-16-26-58(53)63)60-40-61(54-23-11-12-24-55(54)62(56)60)65(48-19-9-6-10-20-48)50-34-29-44(30-35-50)42(3)4;1-3-41-27-32-47(33-28-41)62(45-17-7-5-8-18-45)49-36-31-43-38-54-57(39-44(43)37-49)61(55-25-15-13-21-50(55)51-22-14-16-26-56(51)61)58-40-59(52-23-11-12-24-53(52)60(54)58)63(46-19-9-6-10-20-46)48-34-29-42(4-2)30-35-48/h5-42H,1-4H3;5-40H,3-4H2,1-2H3. The summed E-state index contributed by atoms with van der Waals surface area (Å²) in [6, 6.07) is 164. The van der Waals surface area contributed by atoms with Gasteiger partial charge < -0.3 is 19.6 Å². The van der Waals surface area contributed by atoms with Gasteiger partial charge in [-0.05, 0) is 326 Å². The molecule has 24 rings (SSSR count). The molecule has 20 aromatic rings. The molecule has 2 spiro atoms. The molecule has 20 aromatic carbocycles. The van der Waals surface area contributed by atoms with E-state index in [9.17, 15) is 0 Å². The summed E-state index contributed by atoms with van der Waals surface area (Å²) in [7, 11) is 0. The molecule has 0 saturated carbocycles. The lowest BCUT2D eigenvalue weighted by Gasteiger charge is -2.33. The Morgan fingerprint density at radius 1 is 0.195 bits per heavy atom. The molecule has 4 aliphatic carbocycles. The number of nitrogens with zero attached hydrogens (tertiary/aromatic N) is 4. The van der Waals surface area contributed by atoms with Gasteiger partial charge in [-0.2, -0.15) is 0 Å². The summed E-state index contributed by atoms with van der Waals surface area (Å²) < 4.78 is 0. The SMILES string of the molecule is CC(C)c1ccc(N(c2ccccc2)c2ccc3cc4c(cc3c2)C2(c3ccccc3-c3ccccc32)c2cc(N(c3ccccc3)c3ccc(C(C)C)cc3)c3ccccc3c2-4)cc1.CCc1ccc(N(c2ccccc2)c2ccc3cc4c(cc3c2)C2(c3ccccc3-c3ccccc32)c2cc(N(c3ccccc3)c3ccc(CC)cc3)c3ccccc3c2-4)cc1. The van der Waals surface area contributed by atoms with E-state index in [0.29, 0.717) is 11.8 Å². The molecule has 4 aliphatic rings. The second-order valence-electron chi connectivity index (χ2n) is 35.5. The van der Waals surface area contributed by atoms with Crippen LogP contribution in [0.5, 0.6) is 0 Å². The van der Waals surface area contributed by atoms with Crippen molar-refractivity contribution in [2.24, 2.45) is 0 Å². The average Bonchev–Trinajstić information content (AvgIpc) is 1.50. The van der Waals surface area contributed by atoms with Crippen LogP contribution in [0.1, 0.15) is 120 Å². The Morgan fingerprint density at radius 3 is 0.781 bits per heavy atom. The molecular weight excluding hydrogens is 1550 g/mol. The molecule has 0 aromatic heterocycles. The van der Waals surface area contributed by atoms with Gasteiger partial charge in [-0.1, -0.05) is 321 Å². The number of benzene rings is 20. The first-order valence-electron chi connectivity index (χ1n) is 45.5. The van der Waals surface area contributed by atoms with Crippen molar-refractivity contribution in [2.45, 2.75) is 77.0 Å². The van der Waals surface area contributed by atoms with E-state index in [4.69, 9.17) is 0 Å². The zero-order valence-corrected chi connectivity index (χ0v) is 72.9. The average molecular weight is 1640 g/mol. The highest BCUT2D eigenvalue weighted by Gasteiger charge is 2.55. The number of para-hydroxylation sites is 4. The smallest absolute Gasteiger partial charge is 0.0726 e. The summed E-state index contributed by atoms with van der Waals surface area (Å²) in [5, 5.41) is 9.86. The molecule has 0 N–H and O–H groups in total. The monoisotopic (exact) mass is 1640 g/mol. The number of fused-ring (bicyclic) bond motifs is 26. The van der Waals surface area contributed by atoms with Gasteiger partial charge in [0.1, 0.15) is 0 Å². The maximum atomic E-state index is 2.55. The van der Waals surface area contributed by atoms with Crippen LogP contribution < -0.4 is 19.6 Å². The van der Waals surface area contributed by atoms with Crippen LogP contribution in [-0.2, 0) is 23.7 Å². The Bertz CT molecular complexity index is 7600. The van der Waals surface area contributed by atoms with Crippen LogP contribution in [0, 0.1) is 0 Å². The van der Waals surface area contributed by atoms with E-state index in [0.717, 1.165) is 69.7 Å². The van der Waals surface area contributed by atoms with Crippen molar-refractivity contribution in [2.75, 3.05) is 19.6 Å². The van der Waals surface area contributed by atoms with Crippen LogP contribution in [0.4, 0.5) is 68.2 Å². The Labute approximate surface area is 750 Å². The predicted molar refractivity (Wildman–Crippen MR) is 541 cm³/mol. The topological polar surface area (TPSA) is 13.0 Å². The lowest BCUT2D eigenvalue weighted by Crippen LogP contribution is -2.26. The highest BCUT2D eigenvalue weighted by atomic mass is 15.2. The normalized spacial score (nSPS) is 12.9. The number of hydrogen-bond acceptors (Lipinski definition) is 4. The highest BCUT2D eigenvalue weighted by molar-refractivity contribution is 6.16. The third-order valence-corrected chi connectivity index (χ3v) is 27.9. The first kappa shape index (κ1) is 77.4. The predicted octanol–water partition coefficient (Wildman–Crippen LogP) is 33.9. The van der Waals surface area contributed by atoms with Crippen LogP contribution in [0.2, 0.25) is 0 Å².